The van der Waals surface area contributed by atoms with Crippen LogP contribution in [0, 0.1) is 5.92 Å². The largest absolute Gasteiger partial charge is 0.573 e. The first-order valence-electron chi connectivity index (χ1n) is 11.6. The number of ether oxygens (including phenoxy) is 2. The van der Waals surface area contributed by atoms with Gasteiger partial charge in [-0.2, -0.15) is 0 Å². The minimum absolute atomic E-state index is 0.118. The monoisotopic (exact) mass is 531 g/mol. The Balaban J connectivity index is 1.37. The molecule has 200 valence electrons. The molecule has 0 unspecified atom stereocenters. The Morgan fingerprint density at radius 2 is 1.71 bits per heavy atom. The average Bonchev–Trinajstić information content (AvgIpc) is 3.61. The molecule has 0 spiro atoms. The first kappa shape index (κ1) is 26.5. The lowest BCUT2D eigenvalue weighted by Crippen LogP contribution is -2.26. The summed E-state index contributed by atoms with van der Waals surface area (Å²) in [6.45, 7) is 0.751. The van der Waals surface area contributed by atoms with Gasteiger partial charge in [0.15, 0.2) is 5.82 Å². The number of esters is 1. The lowest BCUT2D eigenvalue weighted by molar-refractivity contribution is -0.274. The quantitative estimate of drug-likeness (QED) is 0.348. The Bertz CT molecular complexity index is 1300. The zero-order chi connectivity index (χ0) is 27.3. The van der Waals surface area contributed by atoms with Gasteiger partial charge in [0.1, 0.15) is 5.75 Å². The number of nitrogens with zero attached hydrogens (tertiary/aromatic N) is 2. The van der Waals surface area contributed by atoms with E-state index in [2.05, 4.69) is 30.4 Å². The summed E-state index contributed by atoms with van der Waals surface area (Å²) in [5.74, 6) is -0.659. The number of anilines is 2. The maximum Gasteiger partial charge on any atom is 0.573 e. The van der Waals surface area contributed by atoms with Crippen molar-refractivity contribution in [3.63, 3.8) is 0 Å². The van der Waals surface area contributed by atoms with Crippen LogP contribution in [0.4, 0.5) is 29.5 Å². The number of carbonyl (C=O) groups excluding carboxylic acids is 3. The maximum atomic E-state index is 12.9. The summed E-state index contributed by atoms with van der Waals surface area (Å²) in [4.78, 5) is 41.1. The van der Waals surface area contributed by atoms with E-state index in [0.717, 1.165) is 30.5 Å². The molecule has 3 amide bonds. The third kappa shape index (κ3) is 7.48. The zero-order valence-electron chi connectivity index (χ0n) is 20.2. The predicted octanol–water partition coefficient (Wildman–Crippen LogP) is 4.55. The SMILES string of the molecule is COC(=O)c1ccc(CNC(=O)c2nc(NC(=O)Nc3ccc(OC(F)(F)F)cc3)cn2CC2CC2)cc1. The number of benzene rings is 2. The molecule has 2 aromatic carbocycles. The van der Waals surface area contributed by atoms with Crippen LogP contribution in [-0.4, -0.2) is 40.9 Å². The first-order valence-corrected chi connectivity index (χ1v) is 11.6. The van der Waals surface area contributed by atoms with E-state index in [0.29, 0.717) is 18.0 Å². The van der Waals surface area contributed by atoms with Gasteiger partial charge in [-0.05, 0) is 60.7 Å². The third-order valence-electron chi connectivity index (χ3n) is 5.55. The third-order valence-corrected chi connectivity index (χ3v) is 5.55. The molecular weight excluding hydrogens is 507 g/mol. The van der Waals surface area contributed by atoms with Crippen molar-refractivity contribution in [2.24, 2.45) is 5.92 Å². The molecule has 0 atom stereocenters. The number of urea groups is 1. The van der Waals surface area contributed by atoms with Gasteiger partial charge in [0.2, 0.25) is 5.82 Å². The highest BCUT2D eigenvalue weighted by Gasteiger charge is 2.31. The highest BCUT2D eigenvalue weighted by atomic mass is 19.4. The van der Waals surface area contributed by atoms with Gasteiger partial charge in [0.25, 0.3) is 5.91 Å². The van der Waals surface area contributed by atoms with Gasteiger partial charge in [-0.25, -0.2) is 14.6 Å². The van der Waals surface area contributed by atoms with Gasteiger partial charge >= 0.3 is 18.4 Å². The number of aromatic nitrogens is 2. The number of amides is 3. The molecule has 1 aliphatic rings. The number of hydrogen-bond acceptors (Lipinski definition) is 6. The van der Waals surface area contributed by atoms with Crippen molar-refractivity contribution in [2.75, 3.05) is 17.7 Å². The van der Waals surface area contributed by atoms with Crippen LogP contribution < -0.4 is 20.7 Å². The molecule has 0 bridgehead atoms. The normalized spacial score (nSPS) is 12.9. The Labute approximate surface area is 215 Å². The van der Waals surface area contributed by atoms with Crippen LogP contribution in [0.15, 0.2) is 54.7 Å². The van der Waals surface area contributed by atoms with E-state index in [4.69, 9.17) is 0 Å². The molecule has 3 N–H and O–H groups in total. The van der Waals surface area contributed by atoms with Crippen LogP contribution >= 0.6 is 0 Å². The fourth-order valence-electron chi connectivity index (χ4n) is 3.53. The lowest BCUT2D eigenvalue weighted by atomic mass is 10.1. The molecule has 38 heavy (non-hydrogen) atoms. The van der Waals surface area contributed by atoms with Crippen molar-refractivity contribution in [2.45, 2.75) is 32.3 Å². The summed E-state index contributed by atoms with van der Waals surface area (Å²) in [6.07, 6.45) is -1.20. The first-order chi connectivity index (χ1) is 18.1. The van der Waals surface area contributed by atoms with E-state index in [9.17, 15) is 27.6 Å². The van der Waals surface area contributed by atoms with E-state index < -0.39 is 30.0 Å². The Morgan fingerprint density at radius 1 is 1.03 bits per heavy atom. The fourth-order valence-corrected chi connectivity index (χ4v) is 3.53. The van der Waals surface area contributed by atoms with Crippen molar-refractivity contribution in [3.8, 4) is 5.75 Å². The van der Waals surface area contributed by atoms with Gasteiger partial charge in [0.05, 0.1) is 12.7 Å². The molecular formula is C25H24F3N5O5. The summed E-state index contributed by atoms with van der Waals surface area (Å²) in [6, 6.07) is 10.5. The fraction of sp³-hybridized carbons (Fsp3) is 0.280. The molecule has 13 heteroatoms. The second kappa shape index (κ2) is 11.2. The van der Waals surface area contributed by atoms with Gasteiger partial charge in [-0.1, -0.05) is 12.1 Å². The zero-order valence-corrected chi connectivity index (χ0v) is 20.2. The van der Waals surface area contributed by atoms with Gasteiger partial charge < -0.3 is 24.7 Å². The minimum atomic E-state index is -4.81. The van der Waals surface area contributed by atoms with Gasteiger partial charge in [0, 0.05) is 25.0 Å². The molecule has 1 heterocycles. The number of imidazole rings is 1. The maximum absolute atomic E-state index is 12.9. The summed E-state index contributed by atoms with van der Waals surface area (Å²) in [5, 5.41) is 7.80. The van der Waals surface area contributed by atoms with Crippen molar-refractivity contribution in [3.05, 3.63) is 71.7 Å². The highest BCUT2D eigenvalue weighted by molar-refractivity contribution is 6.00. The van der Waals surface area contributed by atoms with E-state index >= 15 is 0 Å². The van der Waals surface area contributed by atoms with Gasteiger partial charge in [-0.3, -0.25) is 10.1 Å². The van der Waals surface area contributed by atoms with Crippen molar-refractivity contribution in [1.82, 2.24) is 14.9 Å². The average molecular weight is 531 g/mol. The Kier molecular flexibility index (Phi) is 7.84. The smallest absolute Gasteiger partial charge is 0.465 e. The molecule has 1 saturated carbocycles. The standard InChI is InChI=1S/C25H24F3N5O5/c1-37-23(35)17-6-4-15(5-7-17)12-29-22(34)21-31-20(14-33(21)13-16-2-3-16)32-24(36)30-18-8-10-19(11-9-18)38-25(26,27)28/h4-11,14,16H,2-3,12-13H2,1H3,(H,29,34)(H2,30,32,36). The van der Waals surface area contributed by atoms with E-state index in [1.165, 1.54) is 19.2 Å². The van der Waals surface area contributed by atoms with E-state index in [1.54, 1.807) is 35.0 Å². The second-order valence-electron chi connectivity index (χ2n) is 8.57. The highest BCUT2D eigenvalue weighted by Crippen LogP contribution is 2.31. The predicted molar refractivity (Wildman–Crippen MR) is 130 cm³/mol. The van der Waals surface area contributed by atoms with Crippen LogP contribution in [0.5, 0.6) is 5.75 Å². The summed E-state index contributed by atoms with van der Waals surface area (Å²) in [7, 11) is 1.29. The topological polar surface area (TPSA) is 124 Å². The molecule has 1 aromatic heterocycles. The summed E-state index contributed by atoms with van der Waals surface area (Å²) < 4.78 is 47.1. The summed E-state index contributed by atoms with van der Waals surface area (Å²) >= 11 is 0. The molecule has 1 aliphatic carbocycles. The lowest BCUT2D eigenvalue weighted by Gasteiger charge is -2.10. The van der Waals surface area contributed by atoms with Crippen LogP contribution in [0.1, 0.15) is 39.4 Å². The van der Waals surface area contributed by atoms with Gasteiger partial charge in [-0.15, -0.1) is 13.2 Å². The number of alkyl halides is 3. The van der Waals surface area contributed by atoms with E-state index in [1.807, 2.05) is 0 Å². The Morgan fingerprint density at radius 3 is 2.32 bits per heavy atom. The molecule has 1 fully saturated rings. The van der Waals surface area contributed by atoms with Crippen LogP contribution in [0.2, 0.25) is 0 Å². The molecule has 10 nitrogen and oxygen atoms in total. The van der Waals surface area contributed by atoms with Crippen LogP contribution in [0.25, 0.3) is 0 Å². The van der Waals surface area contributed by atoms with Crippen molar-refractivity contribution < 1.29 is 37.0 Å². The number of halogens is 3. The molecule has 0 radical (unpaired) electrons. The summed E-state index contributed by atoms with van der Waals surface area (Å²) in [5.41, 5.74) is 1.38. The van der Waals surface area contributed by atoms with Crippen molar-refractivity contribution >= 4 is 29.4 Å². The number of rotatable bonds is 9. The van der Waals surface area contributed by atoms with Crippen LogP contribution in [-0.2, 0) is 17.8 Å². The number of methoxy groups -OCH3 is 1. The van der Waals surface area contributed by atoms with Crippen LogP contribution in [0.3, 0.4) is 0 Å². The number of hydrogen-bond donors (Lipinski definition) is 3. The molecule has 3 aromatic rings. The molecule has 4 rings (SSSR count). The number of nitrogens with one attached hydrogen (secondary N) is 3. The Hall–Kier alpha value is -4.55. The molecule has 0 aliphatic heterocycles. The minimum Gasteiger partial charge on any atom is -0.465 e. The number of carbonyl (C=O) groups is 3. The molecule has 0 saturated heterocycles. The second-order valence-corrected chi connectivity index (χ2v) is 8.57. The van der Waals surface area contributed by atoms with E-state index in [-0.39, 0.29) is 23.9 Å². The van der Waals surface area contributed by atoms with Crippen molar-refractivity contribution in [1.29, 1.82) is 0 Å².